The molecular weight excluding hydrogens is 1090 g/mol. The Hall–Kier alpha value is -3.07. The van der Waals surface area contributed by atoms with Gasteiger partial charge in [0.15, 0.2) is 6.10 Å². The van der Waals surface area contributed by atoms with E-state index in [1.54, 1.807) is 0 Å². The number of phosphoric ester groups is 1. The Morgan fingerprint density at radius 2 is 0.663 bits per heavy atom. The number of ether oxygens (including phenoxy) is 2. The highest BCUT2D eigenvalue weighted by atomic mass is 31.2. The largest absolute Gasteiger partial charge is 0.756 e. The van der Waals surface area contributed by atoms with Gasteiger partial charge in [-0.15, -0.1) is 0 Å². The van der Waals surface area contributed by atoms with Crippen LogP contribution in [0, 0.1) is 0 Å². The highest BCUT2D eigenvalue weighted by Gasteiger charge is 2.22. The van der Waals surface area contributed by atoms with Crippen LogP contribution in [0.15, 0.2) is 97.2 Å². The van der Waals surface area contributed by atoms with E-state index in [2.05, 4.69) is 111 Å². The lowest BCUT2D eigenvalue weighted by molar-refractivity contribution is -0.870. The molecule has 0 aromatic rings. The third-order valence-corrected chi connectivity index (χ3v) is 16.6. The minimum Gasteiger partial charge on any atom is -0.756 e. The predicted octanol–water partition coefficient (Wildman–Crippen LogP) is 22.9. The predicted molar refractivity (Wildman–Crippen MR) is 369 cm³/mol. The molecule has 0 aliphatic carbocycles. The molecule has 0 fully saturated rings. The molecule has 2 atom stereocenters. The fraction of sp³-hybridized carbons (Fsp3) is 0.763. The summed E-state index contributed by atoms with van der Waals surface area (Å²) in [5, 5.41) is 0. The van der Waals surface area contributed by atoms with Crippen LogP contribution in [0.4, 0.5) is 0 Å². The summed E-state index contributed by atoms with van der Waals surface area (Å²) in [4.78, 5) is 38.1. The maximum Gasteiger partial charge on any atom is 0.306 e. The van der Waals surface area contributed by atoms with Gasteiger partial charge >= 0.3 is 11.9 Å². The molecule has 0 aromatic carbocycles. The first kappa shape index (κ1) is 82.9. The number of nitrogens with zero attached hydrogens (tertiary/aromatic N) is 1. The van der Waals surface area contributed by atoms with Gasteiger partial charge in [-0.05, 0) is 96.3 Å². The molecule has 86 heavy (non-hydrogen) atoms. The molecule has 0 amide bonds. The third-order valence-electron chi connectivity index (χ3n) is 15.6. The molecule has 0 rings (SSSR count). The van der Waals surface area contributed by atoms with Crippen molar-refractivity contribution in [1.82, 2.24) is 0 Å². The lowest BCUT2D eigenvalue weighted by Gasteiger charge is -2.28. The molecule has 9 nitrogen and oxygen atoms in total. The Morgan fingerprint density at radius 1 is 0.372 bits per heavy atom. The number of unbranched alkanes of at least 4 members (excludes halogenated alkanes) is 36. The molecule has 0 aliphatic heterocycles. The minimum absolute atomic E-state index is 0.0327. The number of phosphoric acid groups is 1. The number of esters is 2. The van der Waals surface area contributed by atoms with Crippen LogP contribution >= 0.6 is 7.82 Å². The molecule has 2 unspecified atom stereocenters. The van der Waals surface area contributed by atoms with Crippen LogP contribution in [0.25, 0.3) is 0 Å². The summed E-state index contributed by atoms with van der Waals surface area (Å²) in [6.07, 6.45) is 92.0. The zero-order valence-corrected chi connectivity index (χ0v) is 57.6. The van der Waals surface area contributed by atoms with Crippen molar-refractivity contribution in [3.8, 4) is 0 Å². The molecule has 0 heterocycles. The Morgan fingerprint density at radius 3 is 0.988 bits per heavy atom. The Bertz CT molecular complexity index is 1770. The van der Waals surface area contributed by atoms with Crippen LogP contribution < -0.4 is 4.89 Å². The maximum atomic E-state index is 12.9. The standard InChI is InChI=1S/C76H136NO8P/c1-6-8-10-12-14-16-18-20-22-24-26-28-30-32-34-36-38-40-42-44-46-48-50-52-54-56-58-60-62-64-66-68-75(78)82-72-74(73-84-86(80,81)83-71-70-77(3,4)5)85-76(79)69-67-65-63-61-59-57-55-53-51-49-47-45-43-41-39-37-35-33-31-29-27-25-23-21-19-17-15-13-11-9-7-2/h9,11,15,17-18,20-21,23-24,26-27,29-30,32-33,35,74H,6-8,10,12-14,16,19,22,25,28,31,34,36-73H2,1-5H3/b11-9-,17-15-,20-18-,23-21-,26-24-,29-27-,32-30-,35-33-. The lowest BCUT2D eigenvalue weighted by atomic mass is 10.0. The molecule has 498 valence electrons. The van der Waals surface area contributed by atoms with Gasteiger partial charge in [0.05, 0.1) is 27.7 Å². The Labute approximate surface area is 532 Å². The van der Waals surface area contributed by atoms with E-state index in [0.29, 0.717) is 17.4 Å². The van der Waals surface area contributed by atoms with Crippen LogP contribution in [-0.2, 0) is 32.7 Å². The summed E-state index contributed by atoms with van der Waals surface area (Å²) in [5.74, 6) is -0.824. The maximum absolute atomic E-state index is 12.9. The summed E-state index contributed by atoms with van der Waals surface area (Å²) >= 11 is 0. The zero-order valence-electron chi connectivity index (χ0n) is 56.7. The highest BCUT2D eigenvalue weighted by molar-refractivity contribution is 7.45. The van der Waals surface area contributed by atoms with E-state index in [1.807, 2.05) is 21.1 Å². The number of rotatable bonds is 66. The SMILES string of the molecule is CC/C=C\C/C=C\C/C=C\C/C=C\C/C=C\CCCCCCCCCCCCCCCCCC(=O)OC(COC(=O)CCCCCCCCCCCCCCCCCC/C=C\C/C=C\C/C=C\CCCCCCC)COP(=O)([O-])OCC[N+](C)(C)C. The summed E-state index contributed by atoms with van der Waals surface area (Å²) in [5.41, 5.74) is 0. The average Bonchev–Trinajstić information content (AvgIpc) is 3.56. The van der Waals surface area contributed by atoms with Crippen molar-refractivity contribution in [3.63, 3.8) is 0 Å². The van der Waals surface area contributed by atoms with Crippen molar-refractivity contribution >= 4 is 19.8 Å². The van der Waals surface area contributed by atoms with Crippen molar-refractivity contribution in [2.75, 3.05) is 47.5 Å². The van der Waals surface area contributed by atoms with Crippen molar-refractivity contribution in [2.45, 2.75) is 328 Å². The van der Waals surface area contributed by atoms with E-state index in [9.17, 15) is 19.0 Å². The van der Waals surface area contributed by atoms with Crippen molar-refractivity contribution in [3.05, 3.63) is 97.2 Å². The first-order valence-corrected chi connectivity index (χ1v) is 37.4. The Kier molecular flexibility index (Phi) is 64.0. The summed E-state index contributed by atoms with van der Waals surface area (Å²) < 4.78 is 34.4. The topological polar surface area (TPSA) is 111 Å². The molecule has 0 radical (unpaired) electrons. The molecule has 0 N–H and O–H groups in total. The van der Waals surface area contributed by atoms with Crippen LogP contribution in [0.1, 0.15) is 322 Å². The summed E-state index contributed by atoms with van der Waals surface area (Å²) in [6, 6.07) is 0. The number of quaternary nitrogens is 1. The number of carbonyl (C=O) groups is 2. The molecule has 0 saturated heterocycles. The molecule has 0 bridgehead atoms. The molecule has 10 heteroatoms. The molecule has 0 aliphatic rings. The summed E-state index contributed by atoms with van der Waals surface area (Å²) in [6.45, 7) is 4.15. The van der Waals surface area contributed by atoms with E-state index in [4.69, 9.17) is 18.5 Å². The molecule has 0 aromatic heterocycles. The number of allylic oxidation sites excluding steroid dienone is 16. The lowest BCUT2D eigenvalue weighted by Crippen LogP contribution is -2.37. The quantitative estimate of drug-likeness (QED) is 0.0195. The monoisotopic (exact) mass is 1220 g/mol. The van der Waals surface area contributed by atoms with Crippen LogP contribution in [0.3, 0.4) is 0 Å². The fourth-order valence-electron chi connectivity index (χ4n) is 10.1. The molecule has 0 spiro atoms. The van der Waals surface area contributed by atoms with Gasteiger partial charge in [-0.25, -0.2) is 0 Å². The number of likely N-dealkylation sites (N-methyl/N-ethyl adjacent to an activating group) is 1. The van der Waals surface area contributed by atoms with E-state index in [-0.39, 0.29) is 32.0 Å². The van der Waals surface area contributed by atoms with Crippen molar-refractivity contribution in [2.24, 2.45) is 0 Å². The third kappa shape index (κ3) is 70.0. The van der Waals surface area contributed by atoms with Gasteiger partial charge in [0, 0.05) is 12.8 Å². The Balaban J connectivity index is 4.03. The van der Waals surface area contributed by atoms with Gasteiger partial charge in [-0.1, -0.05) is 310 Å². The van der Waals surface area contributed by atoms with E-state index < -0.39 is 26.5 Å². The van der Waals surface area contributed by atoms with Crippen molar-refractivity contribution in [1.29, 1.82) is 0 Å². The normalized spacial score (nSPS) is 13.7. The van der Waals surface area contributed by atoms with Gasteiger partial charge in [-0.2, -0.15) is 0 Å². The smallest absolute Gasteiger partial charge is 0.306 e. The van der Waals surface area contributed by atoms with E-state index in [0.717, 1.165) is 83.5 Å². The molecular formula is C76H136NO8P. The average molecular weight is 1220 g/mol. The summed E-state index contributed by atoms with van der Waals surface area (Å²) in [7, 11) is 1.17. The van der Waals surface area contributed by atoms with Crippen LogP contribution in [0.2, 0.25) is 0 Å². The minimum atomic E-state index is -4.65. The van der Waals surface area contributed by atoms with Gasteiger partial charge in [-0.3, -0.25) is 14.2 Å². The van der Waals surface area contributed by atoms with Gasteiger partial charge in [0.1, 0.15) is 19.8 Å². The zero-order chi connectivity index (χ0) is 62.6. The van der Waals surface area contributed by atoms with Gasteiger partial charge < -0.3 is 27.9 Å². The van der Waals surface area contributed by atoms with Crippen LogP contribution in [-0.4, -0.2) is 70.0 Å². The number of hydrogen-bond donors (Lipinski definition) is 0. The second-order valence-electron chi connectivity index (χ2n) is 25.2. The highest BCUT2D eigenvalue weighted by Crippen LogP contribution is 2.38. The second kappa shape index (κ2) is 66.4. The van der Waals surface area contributed by atoms with E-state index >= 15 is 0 Å². The van der Waals surface area contributed by atoms with Gasteiger partial charge in [0.2, 0.25) is 0 Å². The number of hydrogen-bond acceptors (Lipinski definition) is 8. The van der Waals surface area contributed by atoms with Crippen LogP contribution in [0.5, 0.6) is 0 Å². The first-order chi connectivity index (χ1) is 42.0. The van der Waals surface area contributed by atoms with Crippen molar-refractivity contribution < 1.29 is 42.1 Å². The van der Waals surface area contributed by atoms with E-state index in [1.165, 1.54) is 205 Å². The first-order valence-electron chi connectivity index (χ1n) is 35.9. The fourth-order valence-corrected chi connectivity index (χ4v) is 10.8. The van der Waals surface area contributed by atoms with Gasteiger partial charge in [0.25, 0.3) is 7.82 Å². The second-order valence-corrected chi connectivity index (χ2v) is 26.6. The molecule has 0 saturated carbocycles. The number of carbonyl (C=O) groups excluding carboxylic acids is 2.